The maximum atomic E-state index is 12.8. The monoisotopic (exact) mass is 415 g/mol. The lowest BCUT2D eigenvalue weighted by Crippen LogP contribution is -2.32. The Morgan fingerprint density at radius 2 is 1.93 bits per heavy atom. The van der Waals surface area contributed by atoms with Crippen LogP contribution in [-0.4, -0.2) is 44.0 Å². The van der Waals surface area contributed by atoms with Gasteiger partial charge in [0.15, 0.2) is 5.78 Å². The fourth-order valence-corrected chi connectivity index (χ4v) is 3.23. The quantitative estimate of drug-likeness (QED) is 0.322. The Morgan fingerprint density at radius 3 is 2.52 bits per heavy atom. The van der Waals surface area contributed by atoms with E-state index in [1.165, 1.54) is 13.2 Å². The second-order valence-electron chi connectivity index (χ2n) is 6.68. The molecule has 0 aromatic heterocycles. The molecule has 1 aliphatic heterocycles. The zero-order chi connectivity index (χ0) is 21.4. The number of ketones is 1. The van der Waals surface area contributed by atoms with Crippen molar-refractivity contribution in [2.24, 2.45) is 0 Å². The number of carbonyl (C=O) groups is 2. The van der Waals surface area contributed by atoms with Crippen LogP contribution in [0.4, 0.5) is 0 Å². The molecule has 29 heavy (non-hydrogen) atoms. The smallest absolute Gasteiger partial charge is 0.248 e. The molecule has 1 aromatic rings. The fraction of sp³-hybridized carbons (Fsp3) is 0.304. The summed E-state index contributed by atoms with van der Waals surface area (Å²) in [5.41, 5.74) is 2.20. The van der Waals surface area contributed by atoms with E-state index in [9.17, 15) is 9.59 Å². The maximum Gasteiger partial charge on any atom is 0.248 e. The van der Waals surface area contributed by atoms with E-state index in [1.807, 2.05) is 31.2 Å². The predicted molar refractivity (Wildman–Crippen MR) is 115 cm³/mol. The van der Waals surface area contributed by atoms with E-state index in [0.717, 1.165) is 16.9 Å². The number of nitrogens with zero attached hydrogens (tertiary/aromatic N) is 1. The van der Waals surface area contributed by atoms with Gasteiger partial charge in [-0.15, -0.1) is 6.58 Å². The number of amides is 1. The van der Waals surface area contributed by atoms with Gasteiger partial charge < -0.3 is 14.4 Å². The lowest BCUT2D eigenvalue weighted by atomic mass is 9.96. The Balaban J connectivity index is 2.41. The van der Waals surface area contributed by atoms with E-state index in [1.54, 1.807) is 30.2 Å². The van der Waals surface area contributed by atoms with Crippen LogP contribution in [-0.2, 0) is 19.1 Å². The van der Waals surface area contributed by atoms with Crippen LogP contribution in [0.2, 0.25) is 5.02 Å². The number of carbonyl (C=O) groups excluding carboxylic acids is 2. The van der Waals surface area contributed by atoms with Gasteiger partial charge in [0.05, 0.1) is 18.9 Å². The topological polar surface area (TPSA) is 55.8 Å². The summed E-state index contributed by atoms with van der Waals surface area (Å²) in [6.45, 7) is 5.92. The Kier molecular flexibility index (Phi) is 8.43. The number of Topliss-reactive ketones (excluding diaryl/α,β-unsaturated/α-hetero) is 1. The van der Waals surface area contributed by atoms with Crippen molar-refractivity contribution >= 4 is 23.3 Å². The number of benzene rings is 1. The highest BCUT2D eigenvalue weighted by atomic mass is 35.5. The second-order valence-corrected chi connectivity index (χ2v) is 7.11. The number of hydrogen-bond donors (Lipinski definition) is 0. The van der Waals surface area contributed by atoms with E-state index in [-0.39, 0.29) is 18.3 Å². The molecule has 1 atom stereocenters. The summed E-state index contributed by atoms with van der Waals surface area (Å²) in [4.78, 5) is 27.1. The van der Waals surface area contributed by atoms with Gasteiger partial charge in [-0.25, -0.2) is 0 Å². The molecule has 0 spiro atoms. The van der Waals surface area contributed by atoms with E-state index < -0.39 is 6.04 Å². The SMILES string of the molecule is C=CC/C(=C\C=C(/C)OC)CN1C(=O)C=C(C(=O)COC)C1c1ccc(Cl)cc1. The molecular formula is C23H26ClNO4. The average Bonchev–Trinajstić information content (AvgIpc) is 3.03. The summed E-state index contributed by atoms with van der Waals surface area (Å²) in [5, 5.41) is 0.589. The van der Waals surface area contributed by atoms with Crippen LogP contribution in [0.25, 0.3) is 0 Å². The van der Waals surface area contributed by atoms with Crippen LogP contribution in [0.5, 0.6) is 0 Å². The van der Waals surface area contributed by atoms with Gasteiger partial charge in [0.2, 0.25) is 5.91 Å². The second kappa shape index (κ2) is 10.8. The first kappa shape index (κ1) is 22.7. The number of ether oxygens (including phenoxy) is 2. The van der Waals surface area contributed by atoms with Gasteiger partial charge in [0.1, 0.15) is 6.61 Å². The Labute approximate surface area is 176 Å². The minimum atomic E-state index is -0.497. The third-order valence-corrected chi connectivity index (χ3v) is 4.86. The van der Waals surface area contributed by atoms with Crippen molar-refractivity contribution < 1.29 is 19.1 Å². The number of halogens is 1. The molecule has 1 aromatic carbocycles. The third-order valence-electron chi connectivity index (χ3n) is 4.61. The molecule has 154 valence electrons. The molecule has 0 radical (unpaired) electrons. The summed E-state index contributed by atoms with van der Waals surface area (Å²) in [6, 6.07) is 6.67. The van der Waals surface area contributed by atoms with E-state index in [0.29, 0.717) is 23.6 Å². The van der Waals surface area contributed by atoms with Gasteiger partial charge in [0, 0.05) is 30.3 Å². The summed E-state index contributed by atoms with van der Waals surface area (Å²) in [6.07, 6.45) is 7.56. The van der Waals surface area contributed by atoms with Crippen LogP contribution >= 0.6 is 11.6 Å². The van der Waals surface area contributed by atoms with Gasteiger partial charge in [-0.05, 0) is 42.7 Å². The number of methoxy groups -OCH3 is 2. The van der Waals surface area contributed by atoms with E-state index in [2.05, 4.69) is 6.58 Å². The highest BCUT2D eigenvalue weighted by Crippen LogP contribution is 2.36. The lowest BCUT2D eigenvalue weighted by molar-refractivity contribution is -0.125. The summed E-state index contributed by atoms with van der Waals surface area (Å²) < 4.78 is 10.2. The van der Waals surface area contributed by atoms with Gasteiger partial charge in [-0.1, -0.05) is 35.9 Å². The first-order chi connectivity index (χ1) is 13.9. The predicted octanol–water partition coefficient (Wildman–Crippen LogP) is 4.42. The minimum Gasteiger partial charge on any atom is -0.501 e. The van der Waals surface area contributed by atoms with Crippen molar-refractivity contribution in [3.05, 3.63) is 82.6 Å². The standard InChI is InChI=1S/C23H26ClNO4/c1-5-6-17(8-7-16(2)29-4)14-25-22(27)13-20(21(26)15-28-3)23(25)18-9-11-19(24)12-10-18/h5,7-13,23H,1,6,14-15H2,2-4H3/b16-7+,17-8+. The molecule has 5 nitrogen and oxygen atoms in total. The highest BCUT2D eigenvalue weighted by Gasteiger charge is 2.37. The largest absolute Gasteiger partial charge is 0.501 e. The fourth-order valence-electron chi connectivity index (χ4n) is 3.10. The Bertz CT molecular complexity index is 852. The molecular weight excluding hydrogens is 390 g/mol. The lowest BCUT2D eigenvalue weighted by Gasteiger charge is -2.28. The summed E-state index contributed by atoms with van der Waals surface area (Å²) in [7, 11) is 3.06. The van der Waals surface area contributed by atoms with Crippen LogP contribution in [0.1, 0.15) is 24.9 Å². The van der Waals surface area contributed by atoms with E-state index in [4.69, 9.17) is 21.1 Å². The number of rotatable bonds is 10. The van der Waals surface area contributed by atoms with Crippen molar-refractivity contribution in [1.82, 2.24) is 4.90 Å². The van der Waals surface area contributed by atoms with Gasteiger partial charge in [0.25, 0.3) is 0 Å². The zero-order valence-corrected chi connectivity index (χ0v) is 17.7. The first-order valence-electron chi connectivity index (χ1n) is 9.22. The van der Waals surface area contributed by atoms with Gasteiger partial charge in [-0.3, -0.25) is 9.59 Å². The van der Waals surface area contributed by atoms with Crippen LogP contribution in [0.15, 0.2) is 72.1 Å². The molecule has 0 fully saturated rings. The van der Waals surface area contributed by atoms with Gasteiger partial charge >= 0.3 is 0 Å². The summed E-state index contributed by atoms with van der Waals surface area (Å²) in [5.74, 6) is 0.321. The Hall–Kier alpha value is -2.63. The molecule has 0 aliphatic carbocycles. The van der Waals surface area contributed by atoms with Crippen LogP contribution in [0, 0.1) is 0 Å². The van der Waals surface area contributed by atoms with E-state index >= 15 is 0 Å². The van der Waals surface area contributed by atoms with Crippen molar-refractivity contribution in [3.63, 3.8) is 0 Å². The molecule has 6 heteroatoms. The molecule has 0 N–H and O–H groups in total. The van der Waals surface area contributed by atoms with Crippen LogP contribution in [0.3, 0.4) is 0 Å². The van der Waals surface area contributed by atoms with Crippen molar-refractivity contribution in [2.45, 2.75) is 19.4 Å². The molecule has 2 rings (SSSR count). The molecule has 1 amide bonds. The first-order valence-corrected chi connectivity index (χ1v) is 9.60. The molecule has 0 saturated heterocycles. The van der Waals surface area contributed by atoms with Crippen LogP contribution < -0.4 is 0 Å². The molecule has 0 saturated carbocycles. The third kappa shape index (κ3) is 5.92. The Morgan fingerprint density at radius 1 is 1.24 bits per heavy atom. The molecule has 1 unspecified atom stereocenters. The average molecular weight is 416 g/mol. The van der Waals surface area contributed by atoms with Crippen molar-refractivity contribution in [1.29, 1.82) is 0 Å². The summed E-state index contributed by atoms with van der Waals surface area (Å²) >= 11 is 6.02. The normalized spacial score (nSPS) is 17.4. The number of hydrogen-bond acceptors (Lipinski definition) is 4. The number of allylic oxidation sites excluding steroid dienone is 4. The van der Waals surface area contributed by atoms with Gasteiger partial charge in [-0.2, -0.15) is 0 Å². The minimum absolute atomic E-state index is 0.0812. The highest BCUT2D eigenvalue weighted by molar-refractivity contribution is 6.30. The molecule has 0 bridgehead atoms. The molecule has 1 heterocycles. The maximum absolute atomic E-state index is 12.8. The zero-order valence-electron chi connectivity index (χ0n) is 17.0. The van der Waals surface area contributed by atoms with Crippen molar-refractivity contribution in [2.75, 3.05) is 27.4 Å². The van der Waals surface area contributed by atoms with Crippen molar-refractivity contribution in [3.8, 4) is 0 Å². The molecule has 1 aliphatic rings.